The molecule has 0 saturated carbocycles. The number of carbonyl (C=O) groups excluding carboxylic acids is 2. The first kappa shape index (κ1) is 21.0. The van der Waals surface area contributed by atoms with Crippen molar-refractivity contribution in [2.45, 2.75) is 6.61 Å². The van der Waals surface area contributed by atoms with E-state index >= 15 is 0 Å². The molecule has 0 atom stereocenters. The predicted molar refractivity (Wildman–Crippen MR) is 122 cm³/mol. The topological polar surface area (TPSA) is 70.7 Å². The summed E-state index contributed by atoms with van der Waals surface area (Å²) in [6, 6.07) is 19.2. The number of halogens is 2. The Labute approximate surface area is 189 Å². The van der Waals surface area contributed by atoms with E-state index in [1.165, 1.54) is 0 Å². The minimum atomic E-state index is -0.301. The highest BCUT2D eigenvalue weighted by atomic mass is 35.5. The smallest absolute Gasteiger partial charge is 0.321 e. The van der Waals surface area contributed by atoms with Gasteiger partial charge in [-0.15, -0.1) is 0 Å². The molecule has 0 bridgehead atoms. The molecule has 1 fully saturated rings. The molecule has 3 amide bonds. The third kappa shape index (κ3) is 4.93. The average Bonchev–Trinajstić information content (AvgIpc) is 3.20. The summed E-state index contributed by atoms with van der Waals surface area (Å²) in [5, 5.41) is 6.67. The predicted octanol–water partition coefficient (Wildman–Crippen LogP) is 5.35. The van der Waals surface area contributed by atoms with E-state index in [1.807, 2.05) is 0 Å². The van der Waals surface area contributed by atoms with Crippen LogP contribution >= 0.6 is 23.2 Å². The zero-order valence-corrected chi connectivity index (χ0v) is 17.9. The minimum Gasteiger partial charge on any atom is -0.488 e. The summed E-state index contributed by atoms with van der Waals surface area (Å²) in [6.45, 7) is 1.44. The highest BCUT2D eigenvalue weighted by Gasteiger charge is 2.21. The molecule has 0 radical (unpaired) electrons. The minimum absolute atomic E-state index is 0.122. The molecule has 3 aromatic rings. The van der Waals surface area contributed by atoms with Crippen LogP contribution < -0.4 is 20.3 Å². The number of benzene rings is 3. The van der Waals surface area contributed by atoms with Gasteiger partial charge >= 0.3 is 6.03 Å². The molecule has 1 heterocycles. The monoisotopic (exact) mass is 455 g/mol. The van der Waals surface area contributed by atoms with Crippen LogP contribution in [-0.2, 0) is 6.61 Å². The van der Waals surface area contributed by atoms with Crippen LogP contribution in [0.4, 0.5) is 16.2 Å². The second-order valence-corrected chi connectivity index (χ2v) is 7.75. The Kier molecular flexibility index (Phi) is 6.30. The van der Waals surface area contributed by atoms with Crippen LogP contribution in [0.5, 0.6) is 5.75 Å². The normalized spacial score (nSPS) is 13.1. The van der Waals surface area contributed by atoms with Crippen molar-refractivity contribution in [1.82, 2.24) is 5.32 Å². The van der Waals surface area contributed by atoms with Crippen molar-refractivity contribution in [3.8, 4) is 5.75 Å². The average molecular weight is 456 g/mol. The van der Waals surface area contributed by atoms with E-state index in [9.17, 15) is 9.59 Å². The molecule has 31 heavy (non-hydrogen) atoms. The highest BCUT2D eigenvalue weighted by molar-refractivity contribution is 6.35. The maximum atomic E-state index is 12.8. The van der Waals surface area contributed by atoms with Crippen molar-refractivity contribution in [2.75, 3.05) is 23.3 Å². The lowest BCUT2D eigenvalue weighted by Gasteiger charge is -2.15. The summed E-state index contributed by atoms with van der Waals surface area (Å²) in [5.74, 6) is 0.140. The number of carbonyl (C=O) groups is 2. The van der Waals surface area contributed by atoms with Crippen LogP contribution in [0.3, 0.4) is 0 Å². The second kappa shape index (κ2) is 9.29. The summed E-state index contributed by atoms with van der Waals surface area (Å²) in [6.07, 6.45) is 0. The molecule has 2 N–H and O–H groups in total. The molecule has 1 aliphatic heterocycles. The molecule has 0 spiro atoms. The maximum Gasteiger partial charge on any atom is 0.321 e. The van der Waals surface area contributed by atoms with Gasteiger partial charge in [0.05, 0.1) is 5.56 Å². The van der Waals surface area contributed by atoms with Crippen LogP contribution in [-0.4, -0.2) is 25.0 Å². The number of hydrogen-bond donors (Lipinski definition) is 2. The van der Waals surface area contributed by atoms with Gasteiger partial charge in [0.1, 0.15) is 12.4 Å². The number of ether oxygens (including phenoxy) is 1. The highest BCUT2D eigenvalue weighted by Crippen LogP contribution is 2.26. The lowest BCUT2D eigenvalue weighted by Crippen LogP contribution is -2.27. The van der Waals surface area contributed by atoms with Gasteiger partial charge in [-0.25, -0.2) is 4.79 Å². The summed E-state index contributed by atoms with van der Waals surface area (Å²) >= 11 is 12.1. The number of nitrogens with one attached hydrogen (secondary N) is 2. The number of anilines is 2. The summed E-state index contributed by atoms with van der Waals surface area (Å²) in [4.78, 5) is 26.3. The van der Waals surface area contributed by atoms with Gasteiger partial charge in [0.25, 0.3) is 5.91 Å². The van der Waals surface area contributed by atoms with Crippen molar-refractivity contribution < 1.29 is 14.3 Å². The Balaban J connectivity index is 1.44. The van der Waals surface area contributed by atoms with Gasteiger partial charge in [-0.2, -0.15) is 0 Å². The van der Waals surface area contributed by atoms with Gasteiger partial charge in [-0.1, -0.05) is 41.4 Å². The van der Waals surface area contributed by atoms with Gasteiger partial charge in [0.15, 0.2) is 0 Å². The van der Waals surface area contributed by atoms with E-state index in [1.54, 1.807) is 71.6 Å². The molecule has 1 saturated heterocycles. The number of amides is 3. The van der Waals surface area contributed by atoms with E-state index in [4.69, 9.17) is 27.9 Å². The van der Waals surface area contributed by atoms with Gasteiger partial charge in [0, 0.05) is 40.1 Å². The Hall–Kier alpha value is -3.22. The molecule has 0 aliphatic carbocycles. The van der Waals surface area contributed by atoms with Crippen molar-refractivity contribution in [2.24, 2.45) is 0 Å². The molecule has 6 nitrogen and oxygen atoms in total. The summed E-state index contributed by atoms with van der Waals surface area (Å²) in [7, 11) is 0. The van der Waals surface area contributed by atoms with Crippen LogP contribution in [0, 0.1) is 0 Å². The lowest BCUT2D eigenvalue weighted by molar-refractivity contribution is 0.102. The zero-order chi connectivity index (χ0) is 21.8. The first-order chi connectivity index (χ1) is 15.0. The number of urea groups is 1. The number of rotatable bonds is 6. The number of hydrogen-bond acceptors (Lipinski definition) is 3. The second-order valence-electron chi connectivity index (χ2n) is 6.91. The van der Waals surface area contributed by atoms with E-state index in [-0.39, 0.29) is 18.5 Å². The van der Waals surface area contributed by atoms with Crippen LogP contribution in [0.15, 0.2) is 66.7 Å². The van der Waals surface area contributed by atoms with Crippen molar-refractivity contribution in [3.63, 3.8) is 0 Å². The Morgan fingerprint density at radius 2 is 1.84 bits per heavy atom. The molecule has 0 unspecified atom stereocenters. The Morgan fingerprint density at radius 1 is 1.06 bits per heavy atom. The molecule has 3 aromatic carbocycles. The Morgan fingerprint density at radius 3 is 2.55 bits per heavy atom. The van der Waals surface area contributed by atoms with E-state index in [2.05, 4.69) is 10.6 Å². The van der Waals surface area contributed by atoms with Crippen molar-refractivity contribution in [1.29, 1.82) is 0 Å². The SMILES string of the molecule is O=C(Nc1ccc(N2CCNC2=O)cc1)c1ccccc1OCc1ccc(Cl)cc1Cl. The van der Waals surface area contributed by atoms with Gasteiger partial charge in [-0.3, -0.25) is 9.69 Å². The van der Waals surface area contributed by atoms with Gasteiger partial charge in [0.2, 0.25) is 0 Å². The molecule has 8 heteroatoms. The molecular formula is C23H19Cl2N3O3. The number of para-hydroxylation sites is 1. The van der Waals surface area contributed by atoms with Crippen LogP contribution in [0.1, 0.15) is 15.9 Å². The van der Waals surface area contributed by atoms with E-state index in [0.717, 1.165) is 11.3 Å². The van der Waals surface area contributed by atoms with Gasteiger partial charge < -0.3 is 15.4 Å². The third-order valence-corrected chi connectivity index (χ3v) is 5.41. The van der Waals surface area contributed by atoms with Crippen LogP contribution in [0.2, 0.25) is 10.0 Å². The fraction of sp³-hybridized carbons (Fsp3) is 0.130. The van der Waals surface area contributed by atoms with Crippen LogP contribution in [0.25, 0.3) is 0 Å². The first-order valence-electron chi connectivity index (χ1n) is 9.64. The maximum absolute atomic E-state index is 12.8. The third-order valence-electron chi connectivity index (χ3n) is 4.82. The number of nitrogens with zero attached hydrogens (tertiary/aromatic N) is 1. The molecule has 4 rings (SSSR count). The van der Waals surface area contributed by atoms with Crippen molar-refractivity contribution in [3.05, 3.63) is 87.9 Å². The Bertz CT molecular complexity index is 1120. The standard InChI is InChI=1S/C23H19Cl2N3O3/c24-16-6-5-15(20(25)13-16)14-31-21-4-2-1-3-19(21)22(29)27-17-7-9-18(10-8-17)28-12-11-26-23(28)30/h1-10,13H,11-12,14H2,(H,26,30)(H,27,29). The first-order valence-corrected chi connectivity index (χ1v) is 10.4. The largest absolute Gasteiger partial charge is 0.488 e. The summed E-state index contributed by atoms with van der Waals surface area (Å²) < 4.78 is 5.86. The fourth-order valence-electron chi connectivity index (χ4n) is 3.22. The quantitative estimate of drug-likeness (QED) is 0.525. The summed E-state index contributed by atoms with van der Waals surface area (Å²) in [5.41, 5.74) is 2.55. The molecule has 158 valence electrons. The van der Waals surface area contributed by atoms with E-state index < -0.39 is 0 Å². The van der Waals surface area contributed by atoms with E-state index in [0.29, 0.717) is 40.1 Å². The van der Waals surface area contributed by atoms with Gasteiger partial charge in [-0.05, 0) is 48.5 Å². The molecule has 1 aliphatic rings. The molecule has 0 aromatic heterocycles. The van der Waals surface area contributed by atoms with Crippen molar-refractivity contribution >= 4 is 46.5 Å². The zero-order valence-electron chi connectivity index (χ0n) is 16.4. The lowest BCUT2D eigenvalue weighted by atomic mass is 10.1. The molecular weight excluding hydrogens is 437 g/mol. The fourth-order valence-corrected chi connectivity index (χ4v) is 3.68.